The number of aliphatic hydroxyl groups is 1. The first-order valence-corrected chi connectivity index (χ1v) is 3.73. The van der Waals surface area contributed by atoms with E-state index in [4.69, 9.17) is 26.6 Å². The van der Waals surface area contributed by atoms with E-state index in [1.54, 1.807) is 6.07 Å². The Balaban J connectivity index is 3.25. The van der Waals surface area contributed by atoms with Crippen molar-refractivity contribution in [2.45, 2.75) is 6.61 Å². The summed E-state index contributed by atoms with van der Waals surface area (Å²) in [4.78, 5) is 0. The van der Waals surface area contributed by atoms with E-state index < -0.39 is 0 Å². The van der Waals surface area contributed by atoms with Gasteiger partial charge in [-0.15, -0.1) is 0 Å². The average Bonchev–Trinajstić information content (AvgIpc) is 2.09. The highest BCUT2D eigenvalue weighted by Gasteiger charge is 2.10. The number of hydrogen-bond donors (Lipinski definition) is 2. The Morgan fingerprint density at radius 3 is 2.67 bits per heavy atom. The third-order valence-corrected chi connectivity index (χ3v) is 1.90. The molecule has 0 saturated carbocycles. The standard InChI is InChI=1S/C8H9ClO3/c1-12-8-5(4-10)2-3-6(11)7(8)9/h2-3,10-11H,4H2,1H3. The van der Waals surface area contributed by atoms with Crippen molar-refractivity contribution < 1.29 is 14.9 Å². The number of benzene rings is 1. The maximum atomic E-state index is 9.16. The van der Waals surface area contributed by atoms with Gasteiger partial charge in [0.2, 0.25) is 0 Å². The van der Waals surface area contributed by atoms with Crippen molar-refractivity contribution >= 4 is 11.6 Å². The van der Waals surface area contributed by atoms with Gasteiger partial charge in [-0.3, -0.25) is 0 Å². The van der Waals surface area contributed by atoms with Gasteiger partial charge in [0.1, 0.15) is 16.5 Å². The van der Waals surface area contributed by atoms with Crippen LogP contribution in [0.2, 0.25) is 5.02 Å². The predicted octanol–water partition coefficient (Wildman–Crippen LogP) is 1.55. The van der Waals surface area contributed by atoms with E-state index in [2.05, 4.69) is 0 Å². The summed E-state index contributed by atoms with van der Waals surface area (Å²) in [6, 6.07) is 2.97. The summed E-state index contributed by atoms with van der Waals surface area (Å²) < 4.78 is 4.90. The number of phenolic OH excluding ortho intramolecular Hbond substituents is 1. The van der Waals surface area contributed by atoms with Crippen molar-refractivity contribution in [3.63, 3.8) is 0 Å². The van der Waals surface area contributed by atoms with Crippen LogP contribution >= 0.6 is 11.6 Å². The van der Waals surface area contributed by atoms with Crippen LogP contribution in [0.1, 0.15) is 5.56 Å². The van der Waals surface area contributed by atoms with Crippen molar-refractivity contribution in [3.05, 3.63) is 22.7 Å². The lowest BCUT2D eigenvalue weighted by Gasteiger charge is -2.08. The Labute approximate surface area is 75.2 Å². The Kier molecular flexibility index (Phi) is 2.78. The van der Waals surface area contributed by atoms with Gasteiger partial charge in [-0.25, -0.2) is 0 Å². The van der Waals surface area contributed by atoms with Crippen LogP contribution in [-0.2, 0) is 6.61 Å². The summed E-state index contributed by atoms with van der Waals surface area (Å²) in [5, 5.41) is 18.1. The fraction of sp³-hybridized carbons (Fsp3) is 0.250. The quantitative estimate of drug-likeness (QED) is 0.741. The van der Waals surface area contributed by atoms with E-state index >= 15 is 0 Å². The van der Waals surface area contributed by atoms with Gasteiger partial charge in [0.05, 0.1) is 13.7 Å². The van der Waals surface area contributed by atoms with Crippen molar-refractivity contribution in [3.8, 4) is 11.5 Å². The summed E-state index contributed by atoms with van der Waals surface area (Å²) in [6.45, 7) is -0.164. The zero-order valence-electron chi connectivity index (χ0n) is 6.54. The summed E-state index contributed by atoms with van der Waals surface area (Å²) in [7, 11) is 1.43. The summed E-state index contributed by atoms with van der Waals surface area (Å²) >= 11 is 5.69. The van der Waals surface area contributed by atoms with Crippen LogP contribution in [0.3, 0.4) is 0 Å². The first-order valence-electron chi connectivity index (χ1n) is 3.36. The fourth-order valence-corrected chi connectivity index (χ4v) is 1.19. The van der Waals surface area contributed by atoms with Gasteiger partial charge >= 0.3 is 0 Å². The third-order valence-electron chi connectivity index (χ3n) is 1.53. The molecule has 66 valence electrons. The molecular weight excluding hydrogens is 180 g/mol. The van der Waals surface area contributed by atoms with Gasteiger partial charge in [0.15, 0.2) is 0 Å². The lowest BCUT2D eigenvalue weighted by atomic mass is 10.2. The maximum Gasteiger partial charge on any atom is 0.146 e. The summed E-state index contributed by atoms with van der Waals surface area (Å²) in [5.41, 5.74) is 0.556. The van der Waals surface area contributed by atoms with Gasteiger partial charge in [-0.2, -0.15) is 0 Å². The van der Waals surface area contributed by atoms with Gasteiger partial charge in [0, 0.05) is 5.56 Å². The second-order valence-corrected chi connectivity index (χ2v) is 2.63. The minimum atomic E-state index is -0.164. The predicted molar refractivity (Wildman–Crippen MR) is 45.6 cm³/mol. The molecule has 1 aromatic rings. The molecular formula is C8H9ClO3. The first kappa shape index (κ1) is 9.16. The van der Waals surface area contributed by atoms with E-state index in [1.165, 1.54) is 13.2 Å². The van der Waals surface area contributed by atoms with E-state index in [0.717, 1.165) is 0 Å². The van der Waals surface area contributed by atoms with Crippen LogP contribution < -0.4 is 4.74 Å². The molecule has 0 unspecified atom stereocenters. The number of ether oxygens (including phenoxy) is 1. The normalized spacial score (nSPS) is 9.92. The van der Waals surface area contributed by atoms with Crippen molar-refractivity contribution in [2.24, 2.45) is 0 Å². The van der Waals surface area contributed by atoms with Crippen LogP contribution in [-0.4, -0.2) is 17.3 Å². The monoisotopic (exact) mass is 188 g/mol. The molecule has 0 radical (unpaired) electrons. The minimum Gasteiger partial charge on any atom is -0.506 e. The molecule has 0 amide bonds. The maximum absolute atomic E-state index is 9.16. The third kappa shape index (κ3) is 1.47. The second-order valence-electron chi connectivity index (χ2n) is 2.25. The molecule has 4 heteroatoms. The molecule has 0 aliphatic carbocycles. The van der Waals surface area contributed by atoms with Gasteiger partial charge in [0.25, 0.3) is 0 Å². The topological polar surface area (TPSA) is 49.7 Å². The number of halogens is 1. The Hall–Kier alpha value is -0.930. The molecule has 1 aromatic carbocycles. The number of methoxy groups -OCH3 is 1. The van der Waals surface area contributed by atoms with E-state index in [-0.39, 0.29) is 17.4 Å². The molecule has 0 bridgehead atoms. The van der Waals surface area contributed by atoms with Crippen LogP contribution in [0.4, 0.5) is 0 Å². The molecule has 1 rings (SSSR count). The highest BCUT2D eigenvalue weighted by molar-refractivity contribution is 6.33. The molecule has 0 aliphatic rings. The lowest BCUT2D eigenvalue weighted by Crippen LogP contribution is -1.92. The molecule has 2 N–H and O–H groups in total. The van der Waals surface area contributed by atoms with E-state index in [9.17, 15) is 0 Å². The first-order chi connectivity index (χ1) is 5.70. The summed E-state index contributed by atoms with van der Waals surface area (Å²) in [6.07, 6.45) is 0. The van der Waals surface area contributed by atoms with Gasteiger partial charge in [-0.05, 0) is 12.1 Å². The highest BCUT2D eigenvalue weighted by Crippen LogP contribution is 2.35. The number of aromatic hydroxyl groups is 1. The fourth-order valence-electron chi connectivity index (χ4n) is 0.931. The Bertz CT molecular complexity index is 286. The SMILES string of the molecule is COc1c(CO)ccc(O)c1Cl. The molecule has 0 aromatic heterocycles. The zero-order chi connectivity index (χ0) is 9.14. The lowest BCUT2D eigenvalue weighted by molar-refractivity contribution is 0.273. The van der Waals surface area contributed by atoms with Crippen molar-refractivity contribution in [2.75, 3.05) is 7.11 Å². The number of rotatable bonds is 2. The number of hydrogen-bond acceptors (Lipinski definition) is 3. The molecule has 0 heterocycles. The van der Waals surface area contributed by atoms with Gasteiger partial charge in [-0.1, -0.05) is 11.6 Å². The van der Waals surface area contributed by atoms with Crippen molar-refractivity contribution in [1.29, 1.82) is 0 Å². The second kappa shape index (κ2) is 3.65. The molecule has 0 atom stereocenters. The summed E-state index contributed by atoms with van der Waals surface area (Å²) in [5.74, 6) is 0.268. The Morgan fingerprint density at radius 2 is 2.17 bits per heavy atom. The molecule has 0 fully saturated rings. The van der Waals surface area contributed by atoms with E-state index in [0.29, 0.717) is 11.3 Å². The van der Waals surface area contributed by atoms with Crippen LogP contribution in [0.15, 0.2) is 12.1 Å². The smallest absolute Gasteiger partial charge is 0.146 e. The molecule has 0 aliphatic heterocycles. The number of aliphatic hydroxyl groups excluding tert-OH is 1. The highest BCUT2D eigenvalue weighted by atomic mass is 35.5. The minimum absolute atomic E-state index is 0.0503. The molecule has 3 nitrogen and oxygen atoms in total. The average molecular weight is 189 g/mol. The van der Waals surface area contributed by atoms with Crippen LogP contribution in [0.25, 0.3) is 0 Å². The van der Waals surface area contributed by atoms with Crippen LogP contribution in [0, 0.1) is 0 Å². The molecule has 0 spiro atoms. The van der Waals surface area contributed by atoms with Gasteiger partial charge < -0.3 is 14.9 Å². The largest absolute Gasteiger partial charge is 0.506 e. The van der Waals surface area contributed by atoms with Crippen LogP contribution in [0.5, 0.6) is 11.5 Å². The van der Waals surface area contributed by atoms with E-state index in [1.807, 2.05) is 0 Å². The Morgan fingerprint density at radius 1 is 1.50 bits per heavy atom. The number of phenols is 1. The zero-order valence-corrected chi connectivity index (χ0v) is 7.30. The molecule has 12 heavy (non-hydrogen) atoms. The molecule has 0 saturated heterocycles. The van der Waals surface area contributed by atoms with Crippen molar-refractivity contribution in [1.82, 2.24) is 0 Å².